The zero-order chi connectivity index (χ0) is 20.1. The second-order valence-corrected chi connectivity index (χ2v) is 8.97. The number of carbonyl (C=O) groups is 1. The molecule has 3 rings (SSSR count). The van der Waals surface area contributed by atoms with E-state index in [2.05, 4.69) is 10.5 Å². The van der Waals surface area contributed by atoms with E-state index in [0.717, 1.165) is 16.8 Å². The maximum atomic E-state index is 12.8. The maximum absolute atomic E-state index is 12.8. The molecule has 148 valence electrons. The zero-order valence-electron chi connectivity index (χ0n) is 16.1. The third-order valence-corrected chi connectivity index (χ3v) is 6.92. The SMILES string of the molecule is CC(=NNC(=O)C1CCN(S(=O)(=O)c2ccc(C)cc2)CC1)c1ccccc1. The van der Waals surface area contributed by atoms with Crippen LogP contribution in [0, 0.1) is 12.8 Å². The van der Waals surface area contributed by atoms with Gasteiger partial charge in [0.25, 0.3) is 0 Å². The van der Waals surface area contributed by atoms with Crippen molar-refractivity contribution in [1.82, 2.24) is 9.73 Å². The van der Waals surface area contributed by atoms with E-state index < -0.39 is 10.0 Å². The number of hydrogen-bond donors (Lipinski definition) is 1. The summed E-state index contributed by atoms with van der Waals surface area (Å²) in [6.07, 6.45) is 0.966. The lowest BCUT2D eigenvalue weighted by Gasteiger charge is -2.30. The van der Waals surface area contributed by atoms with E-state index in [4.69, 9.17) is 0 Å². The molecule has 1 N–H and O–H groups in total. The zero-order valence-corrected chi connectivity index (χ0v) is 16.9. The number of carbonyl (C=O) groups excluding carboxylic acids is 1. The number of piperidine rings is 1. The second-order valence-electron chi connectivity index (χ2n) is 7.03. The average Bonchev–Trinajstić information content (AvgIpc) is 2.73. The number of rotatable bonds is 5. The fourth-order valence-corrected chi connectivity index (χ4v) is 4.66. The summed E-state index contributed by atoms with van der Waals surface area (Å²) in [5.41, 5.74) is 5.31. The third-order valence-electron chi connectivity index (χ3n) is 5.01. The molecule has 1 amide bonds. The van der Waals surface area contributed by atoms with E-state index in [1.54, 1.807) is 24.3 Å². The number of hydrazone groups is 1. The smallest absolute Gasteiger partial charge is 0.243 e. The minimum absolute atomic E-state index is 0.164. The van der Waals surface area contributed by atoms with Gasteiger partial charge in [-0.2, -0.15) is 9.41 Å². The van der Waals surface area contributed by atoms with E-state index in [1.165, 1.54) is 4.31 Å². The summed E-state index contributed by atoms with van der Waals surface area (Å²) in [6, 6.07) is 16.5. The van der Waals surface area contributed by atoms with Gasteiger partial charge in [0.15, 0.2) is 0 Å². The van der Waals surface area contributed by atoms with Crippen LogP contribution < -0.4 is 5.43 Å². The van der Waals surface area contributed by atoms with Crippen molar-refractivity contribution in [2.24, 2.45) is 11.0 Å². The summed E-state index contributed by atoms with van der Waals surface area (Å²) < 4.78 is 27.0. The normalized spacial score (nSPS) is 16.7. The molecule has 7 heteroatoms. The van der Waals surface area contributed by atoms with Gasteiger partial charge < -0.3 is 0 Å². The van der Waals surface area contributed by atoms with E-state index >= 15 is 0 Å². The summed E-state index contributed by atoms with van der Waals surface area (Å²) in [7, 11) is -3.52. The summed E-state index contributed by atoms with van der Waals surface area (Å²) in [4.78, 5) is 12.7. The van der Waals surface area contributed by atoms with Crippen LogP contribution >= 0.6 is 0 Å². The highest BCUT2D eigenvalue weighted by atomic mass is 32.2. The lowest BCUT2D eigenvalue weighted by Crippen LogP contribution is -2.42. The van der Waals surface area contributed by atoms with Crippen LogP contribution in [0.4, 0.5) is 0 Å². The summed E-state index contributed by atoms with van der Waals surface area (Å²) in [5.74, 6) is -0.403. The molecule has 0 spiro atoms. The number of nitrogens with zero attached hydrogens (tertiary/aromatic N) is 2. The van der Waals surface area contributed by atoms with Crippen molar-refractivity contribution < 1.29 is 13.2 Å². The third kappa shape index (κ3) is 4.66. The highest BCUT2D eigenvalue weighted by Gasteiger charge is 2.32. The van der Waals surface area contributed by atoms with Gasteiger partial charge in [-0.3, -0.25) is 4.79 Å². The largest absolute Gasteiger partial charge is 0.273 e. The van der Waals surface area contributed by atoms with Crippen LogP contribution in [0.15, 0.2) is 64.6 Å². The quantitative estimate of drug-likeness (QED) is 0.620. The van der Waals surface area contributed by atoms with Crippen molar-refractivity contribution in [2.45, 2.75) is 31.6 Å². The molecule has 1 aliphatic rings. The van der Waals surface area contributed by atoms with Gasteiger partial charge in [0, 0.05) is 19.0 Å². The van der Waals surface area contributed by atoms with Gasteiger partial charge in [0.2, 0.25) is 15.9 Å². The molecule has 1 fully saturated rings. The summed E-state index contributed by atoms with van der Waals surface area (Å²) >= 11 is 0. The minimum Gasteiger partial charge on any atom is -0.273 e. The number of aryl methyl sites for hydroxylation is 1. The van der Waals surface area contributed by atoms with E-state index in [9.17, 15) is 13.2 Å². The Hall–Kier alpha value is -2.51. The Morgan fingerprint density at radius 3 is 2.25 bits per heavy atom. The van der Waals surface area contributed by atoms with Crippen molar-refractivity contribution in [1.29, 1.82) is 0 Å². The number of sulfonamides is 1. The van der Waals surface area contributed by atoms with Crippen LogP contribution in [0.5, 0.6) is 0 Å². The van der Waals surface area contributed by atoms with Gasteiger partial charge >= 0.3 is 0 Å². The number of amides is 1. The molecule has 6 nitrogen and oxygen atoms in total. The topological polar surface area (TPSA) is 78.8 Å². The molecule has 1 aliphatic heterocycles. The second kappa shape index (κ2) is 8.67. The van der Waals surface area contributed by atoms with Crippen molar-refractivity contribution in [2.75, 3.05) is 13.1 Å². The molecule has 2 aromatic rings. The molecular weight excluding hydrogens is 374 g/mol. The van der Waals surface area contributed by atoms with Crippen LogP contribution in [-0.4, -0.2) is 37.4 Å². The van der Waals surface area contributed by atoms with Crippen LogP contribution in [0.25, 0.3) is 0 Å². The summed E-state index contributed by atoms with van der Waals surface area (Å²) in [5, 5.41) is 4.18. The van der Waals surface area contributed by atoms with E-state index in [-0.39, 0.29) is 11.8 Å². The van der Waals surface area contributed by atoms with Gasteiger partial charge in [0.05, 0.1) is 10.6 Å². The highest BCUT2D eigenvalue weighted by Crippen LogP contribution is 2.24. The predicted molar refractivity (Wildman–Crippen MR) is 109 cm³/mol. The van der Waals surface area contributed by atoms with Crippen LogP contribution in [0.1, 0.15) is 30.9 Å². The van der Waals surface area contributed by atoms with Gasteiger partial charge in [-0.15, -0.1) is 0 Å². The first kappa shape index (κ1) is 20.2. The molecule has 0 aliphatic carbocycles. The molecule has 0 radical (unpaired) electrons. The van der Waals surface area contributed by atoms with Crippen LogP contribution in [-0.2, 0) is 14.8 Å². The molecule has 0 aromatic heterocycles. The highest BCUT2D eigenvalue weighted by molar-refractivity contribution is 7.89. The lowest BCUT2D eigenvalue weighted by atomic mass is 9.98. The monoisotopic (exact) mass is 399 g/mol. The first-order chi connectivity index (χ1) is 13.4. The van der Waals surface area contributed by atoms with Crippen molar-refractivity contribution in [3.8, 4) is 0 Å². The molecule has 0 bridgehead atoms. The first-order valence-corrected chi connectivity index (χ1v) is 10.8. The average molecular weight is 400 g/mol. The Labute approximate surface area is 166 Å². The fourth-order valence-electron chi connectivity index (χ4n) is 3.19. The predicted octanol–water partition coefficient (Wildman–Crippen LogP) is 2.94. The van der Waals surface area contributed by atoms with Crippen LogP contribution in [0.2, 0.25) is 0 Å². The van der Waals surface area contributed by atoms with Gasteiger partial charge in [0.1, 0.15) is 0 Å². The molecule has 2 aromatic carbocycles. The summed E-state index contributed by atoms with van der Waals surface area (Å²) in [6.45, 7) is 4.42. The number of nitrogens with one attached hydrogen (secondary N) is 1. The molecule has 1 heterocycles. The molecule has 0 unspecified atom stereocenters. The molecule has 0 atom stereocenters. The van der Waals surface area contributed by atoms with Crippen molar-refractivity contribution >= 4 is 21.6 Å². The van der Waals surface area contributed by atoms with Gasteiger partial charge in [-0.1, -0.05) is 48.0 Å². The fraction of sp³-hybridized carbons (Fsp3) is 0.333. The Kier molecular flexibility index (Phi) is 6.26. The van der Waals surface area contributed by atoms with Crippen molar-refractivity contribution in [3.05, 3.63) is 65.7 Å². The van der Waals surface area contributed by atoms with E-state index in [1.807, 2.05) is 44.2 Å². The van der Waals surface area contributed by atoms with E-state index in [0.29, 0.717) is 30.8 Å². The molecule has 1 saturated heterocycles. The number of hydrogen-bond acceptors (Lipinski definition) is 4. The maximum Gasteiger partial charge on any atom is 0.243 e. The molecular formula is C21H25N3O3S. The Bertz CT molecular complexity index is 946. The Balaban J connectivity index is 1.57. The lowest BCUT2D eigenvalue weighted by molar-refractivity contribution is -0.126. The molecule has 0 saturated carbocycles. The first-order valence-electron chi connectivity index (χ1n) is 9.34. The van der Waals surface area contributed by atoms with Crippen LogP contribution in [0.3, 0.4) is 0 Å². The van der Waals surface area contributed by atoms with Gasteiger partial charge in [-0.05, 0) is 44.4 Å². The Morgan fingerprint density at radius 2 is 1.64 bits per heavy atom. The molecule has 28 heavy (non-hydrogen) atoms. The number of benzene rings is 2. The minimum atomic E-state index is -3.52. The van der Waals surface area contributed by atoms with Gasteiger partial charge in [-0.25, -0.2) is 13.8 Å². The standard InChI is InChI=1S/C21H25N3O3S/c1-16-8-10-20(11-9-16)28(26,27)24-14-12-19(13-15-24)21(25)23-22-17(2)18-6-4-3-5-7-18/h3-11,19H,12-15H2,1-2H3,(H,23,25). The van der Waals surface area contributed by atoms with Crippen molar-refractivity contribution in [3.63, 3.8) is 0 Å². The Morgan fingerprint density at radius 1 is 1.04 bits per heavy atom.